The fraction of sp³-hybridized carbons (Fsp3) is 0.364. The summed E-state index contributed by atoms with van der Waals surface area (Å²) >= 11 is 6.25. The molecule has 0 radical (unpaired) electrons. The van der Waals surface area contributed by atoms with Crippen LogP contribution in [0.1, 0.15) is 5.56 Å². The van der Waals surface area contributed by atoms with Crippen molar-refractivity contribution in [2.45, 2.75) is 6.42 Å². The standard InChI is InChI=1S/C22H24ClN3O4/c1-27-7-9-29-20-12-17-18(13-21(20)30-10-8-28-2)24-14-25-22(17)26-6-5-15-3-4-16(23)11-19(15)26/h3-4,11-14H,5-10H2,1-2H3. The lowest BCUT2D eigenvalue weighted by atomic mass is 10.1. The van der Waals surface area contributed by atoms with Gasteiger partial charge in [0.25, 0.3) is 0 Å². The van der Waals surface area contributed by atoms with Crippen molar-refractivity contribution in [3.63, 3.8) is 0 Å². The second kappa shape index (κ2) is 9.47. The predicted octanol–water partition coefficient (Wildman–Crippen LogP) is 4.03. The number of anilines is 2. The van der Waals surface area contributed by atoms with Gasteiger partial charge in [-0.3, -0.25) is 0 Å². The van der Waals surface area contributed by atoms with Crippen molar-refractivity contribution in [3.8, 4) is 11.5 Å². The van der Waals surface area contributed by atoms with Crippen molar-refractivity contribution in [1.29, 1.82) is 0 Å². The first-order chi connectivity index (χ1) is 14.7. The predicted molar refractivity (Wildman–Crippen MR) is 116 cm³/mol. The summed E-state index contributed by atoms with van der Waals surface area (Å²) in [6.07, 6.45) is 2.51. The molecule has 158 valence electrons. The van der Waals surface area contributed by atoms with E-state index in [2.05, 4.69) is 20.9 Å². The monoisotopic (exact) mass is 429 g/mol. The zero-order chi connectivity index (χ0) is 20.9. The number of fused-ring (bicyclic) bond motifs is 2. The minimum absolute atomic E-state index is 0.411. The first kappa shape index (κ1) is 20.7. The van der Waals surface area contributed by atoms with Gasteiger partial charge in [0.15, 0.2) is 11.5 Å². The molecule has 0 fully saturated rings. The van der Waals surface area contributed by atoms with Crippen LogP contribution >= 0.6 is 11.6 Å². The molecule has 7 nitrogen and oxygen atoms in total. The number of ether oxygens (including phenoxy) is 4. The van der Waals surface area contributed by atoms with Gasteiger partial charge in [-0.1, -0.05) is 17.7 Å². The third-order valence-corrected chi connectivity index (χ3v) is 5.20. The van der Waals surface area contributed by atoms with Crippen LogP contribution in [-0.2, 0) is 15.9 Å². The van der Waals surface area contributed by atoms with E-state index < -0.39 is 0 Å². The minimum Gasteiger partial charge on any atom is -0.487 e. The van der Waals surface area contributed by atoms with Crippen molar-refractivity contribution in [3.05, 3.63) is 47.2 Å². The molecular weight excluding hydrogens is 406 g/mol. The lowest BCUT2D eigenvalue weighted by molar-refractivity contribution is 0.132. The Labute approximate surface area is 180 Å². The van der Waals surface area contributed by atoms with E-state index in [0.717, 1.165) is 35.4 Å². The van der Waals surface area contributed by atoms with Crippen LogP contribution in [-0.4, -0.2) is 57.2 Å². The fourth-order valence-corrected chi connectivity index (χ4v) is 3.70. The molecule has 0 bridgehead atoms. The molecular formula is C22H24ClN3O4. The molecule has 1 aliphatic rings. The van der Waals surface area contributed by atoms with Crippen LogP contribution in [0.2, 0.25) is 5.02 Å². The van der Waals surface area contributed by atoms with Gasteiger partial charge in [-0.05, 0) is 30.2 Å². The molecule has 0 saturated carbocycles. The molecule has 2 aromatic carbocycles. The van der Waals surface area contributed by atoms with Crippen LogP contribution in [0.4, 0.5) is 11.5 Å². The summed E-state index contributed by atoms with van der Waals surface area (Å²) in [5.74, 6) is 2.06. The van der Waals surface area contributed by atoms with E-state index in [1.165, 1.54) is 5.56 Å². The molecule has 8 heteroatoms. The average molecular weight is 430 g/mol. The quantitative estimate of drug-likeness (QED) is 0.476. The van der Waals surface area contributed by atoms with Crippen LogP contribution in [0, 0.1) is 0 Å². The molecule has 0 amide bonds. The maximum atomic E-state index is 6.25. The van der Waals surface area contributed by atoms with Crippen molar-refractivity contribution < 1.29 is 18.9 Å². The molecule has 3 aromatic rings. The van der Waals surface area contributed by atoms with Crippen LogP contribution in [0.3, 0.4) is 0 Å². The smallest absolute Gasteiger partial charge is 0.163 e. The highest BCUT2D eigenvalue weighted by molar-refractivity contribution is 6.31. The van der Waals surface area contributed by atoms with Crippen LogP contribution < -0.4 is 14.4 Å². The molecule has 2 heterocycles. The summed E-state index contributed by atoms with van der Waals surface area (Å²) in [5.41, 5.74) is 3.11. The Bertz CT molecular complexity index is 1030. The Hall–Kier alpha value is -2.61. The Balaban J connectivity index is 1.75. The summed E-state index contributed by atoms with van der Waals surface area (Å²) in [4.78, 5) is 11.2. The molecule has 30 heavy (non-hydrogen) atoms. The summed E-state index contributed by atoms with van der Waals surface area (Å²) in [6.45, 7) is 2.61. The van der Waals surface area contributed by atoms with Crippen LogP contribution in [0.25, 0.3) is 10.9 Å². The van der Waals surface area contributed by atoms with E-state index in [4.69, 9.17) is 30.5 Å². The van der Waals surface area contributed by atoms with Crippen molar-refractivity contribution in [1.82, 2.24) is 9.97 Å². The van der Waals surface area contributed by atoms with E-state index in [1.54, 1.807) is 20.5 Å². The average Bonchev–Trinajstić information content (AvgIpc) is 3.16. The lowest BCUT2D eigenvalue weighted by Gasteiger charge is -2.21. The molecule has 0 saturated heterocycles. The van der Waals surface area contributed by atoms with E-state index in [0.29, 0.717) is 42.9 Å². The number of rotatable bonds is 9. The second-order valence-electron chi connectivity index (χ2n) is 6.87. The highest BCUT2D eigenvalue weighted by Gasteiger charge is 2.24. The summed E-state index contributed by atoms with van der Waals surface area (Å²) in [5, 5.41) is 1.59. The van der Waals surface area contributed by atoms with Gasteiger partial charge < -0.3 is 23.8 Å². The topological polar surface area (TPSA) is 65.9 Å². The zero-order valence-corrected chi connectivity index (χ0v) is 17.8. The Morgan fingerprint density at radius 2 is 1.67 bits per heavy atom. The van der Waals surface area contributed by atoms with Crippen LogP contribution in [0.15, 0.2) is 36.7 Å². The number of hydrogen-bond donors (Lipinski definition) is 0. The highest BCUT2D eigenvalue weighted by atomic mass is 35.5. The third kappa shape index (κ3) is 4.28. The molecule has 0 N–H and O–H groups in total. The molecule has 0 atom stereocenters. The normalized spacial score (nSPS) is 13.0. The molecule has 0 unspecified atom stereocenters. The summed E-state index contributed by atoms with van der Waals surface area (Å²) in [7, 11) is 3.28. The Morgan fingerprint density at radius 3 is 2.40 bits per heavy atom. The highest BCUT2D eigenvalue weighted by Crippen LogP contribution is 2.40. The second-order valence-corrected chi connectivity index (χ2v) is 7.31. The van der Waals surface area contributed by atoms with Gasteiger partial charge in [0, 0.05) is 42.9 Å². The minimum atomic E-state index is 0.411. The van der Waals surface area contributed by atoms with E-state index in [1.807, 2.05) is 24.3 Å². The maximum absolute atomic E-state index is 6.25. The van der Waals surface area contributed by atoms with Crippen molar-refractivity contribution in [2.75, 3.05) is 52.1 Å². The third-order valence-electron chi connectivity index (χ3n) is 4.97. The molecule has 0 aliphatic carbocycles. The van der Waals surface area contributed by atoms with E-state index in [-0.39, 0.29) is 0 Å². The van der Waals surface area contributed by atoms with Gasteiger partial charge in [0.05, 0.1) is 18.7 Å². The van der Waals surface area contributed by atoms with Crippen molar-refractivity contribution >= 4 is 34.0 Å². The van der Waals surface area contributed by atoms with Gasteiger partial charge in [0.1, 0.15) is 25.4 Å². The van der Waals surface area contributed by atoms with Gasteiger partial charge >= 0.3 is 0 Å². The number of benzene rings is 2. The van der Waals surface area contributed by atoms with Gasteiger partial charge in [-0.2, -0.15) is 0 Å². The Kier molecular flexibility index (Phi) is 6.52. The maximum Gasteiger partial charge on any atom is 0.163 e. The number of nitrogens with zero attached hydrogens (tertiary/aromatic N) is 3. The molecule has 1 aliphatic heterocycles. The zero-order valence-electron chi connectivity index (χ0n) is 17.1. The summed E-state index contributed by atoms with van der Waals surface area (Å²) < 4.78 is 22.0. The Morgan fingerprint density at radius 1 is 0.933 bits per heavy atom. The van der Waals surface area contributed by atoms with E-state index >= 15 is 0 Å². The number of methoxy groups -OCH3 is 2. The molecule has 0 spiro atoms. The number of aromatic nitrogens is 2. The molecule has 4 rings (SSSR count). The molecule has 1 aromatic heterocycles. The van der Waals surface area contributed by atoms with Crippen molar-refractivity contribution in [2.24, 2.45) is 0 Å². The first-order valence-corrected chi connectivity index (χ1v) is 10.2. The lowest BCUT2D eigenvalue weighted by Crippen LogP contribution is -2.15. The van der Waals surface area contributed by atoms with Gasteiger partial charge in [-0.15, -0.1) is 0 Å². The fourth-order valence-electron chi connectivity index (χ4n) is 3.53. The largest absolute Gasteiger partial charge is 0.487 e. The van der Waals surface area contributed by atoms with Gasteiger partial charge in [0.2, 0.25) is 0 Å². The summed E-state index contributed by atoms with van der Waals surface area (Å²) in [6, 6.07) is 9.80. The number of hydrogen-bond acceptors (Lipinski definition) is 7. The number of halogens is 1. The first-order valence-electron chi connectivity index (χ1n) is 9.79. The SMILES string of the molecule is COCCOc1cc2ncnc(N3CCc4ccc(Cl)cc43)c2cc1OCCOC. The van der Waals surface area contributed by atoms with Crippen LogP contribution in [0.5, 0.6) is 11.5 Å². The van der Waals surface area contributed by atoms with E-state index in [9.17, 15) is 0 Å². The van der Waals surface area contributed by atoms with Gasteiger partial charge in [-0.25, -0.2) is 9.97 Å².